The minimum atomic E-state index is -0.759. The predicted molar refractivity (Wildman–Crippen MR) is 125 cm³/mol. The summed E-state index contributed by atoms with van der Waals surface area (Å²) in [6.45, 7) is 2.32. The van der Waals surface area contributed by atoms with E-state index in [-0.39, 0.29) is 43.5 Å². The van der Waals surface area contributed by atoms with Crippen molar-refractivity contribution in [2.75, 3.05) is 20.2 Å². The van der Waals surface area contributed by atoms with Crippen LogP contribution in [0.5, 0.6) is 0 Å². The number of hydrogen-bond acceptors (Lipinski definition) is 6. The lowest BCUT2D eigenvalue weighted by atomic mass is 9.68. The van der Waals surface area contributed by atoms with Crippen molar-refractivity contribution in [1.82, 2.24) is 30.5 Å². The monoisotopic (exact) mass is 468 g/mol. The van der Waals surface area contributed by atoms with Crippen LogP contribution in [0.2, 0.25) is 0 Å². The minimum Gasteiger partial charge on any atom is -0.396 e. The molecule has 0 radical (unpaired) electrons. The highest BCUT2D eigenvalue weighted by Crippen LogP contribution is 2.45. The molecule has 1 aromatic carbocycles. The molecule has 1 aliphatic heterocycles. The number of benzene rings is 1. The Morgan fingerprint density at radius 1 is 1.18 bits per heavy atom. The van der Waals surface area contributed by atoms with Crippen LogP contribution in [0, 0.1) is 23.7 Å². The number of hydrogen-bond donors (Lipinski definition) is 3. The first-order valence-corrected chi connectivity index (χ1v) is 11.9. The Balaban J connectivity index is 1.61. The van der Waals surface area contributed by atoms with Gasteiger partial charge in [-0.05, 0) is 30.9 Å². The van der Waals surface area contributed by atoms with Gasteiger partial charge in [0.05, 0.1) is 17.4 Å². The van der Waals surface area contributed by atoms with E-state index in [9.17, 15) is 19.5 Å². The number of aliphatic hydroxyl groups is 1. The average molecular weight is 469 g/mol. The van der Waals surface area contributed by atoms with E-state index in [4.69, 9.17) is 0 Å². The third-order valence-corrected chi connectivity index (χ3v) is 6.93. The van der Waals surface area contributed by atoms with Crippen molar-refractivity contribution in [3.63, 3.8) is 0 Å². The van der Waals surface area contributed by atoms with Gasteiger partial charge < -0.3 is 20.6 Å². The van der Waals surface area contributed by atoms with Crippen LogP contribution in [0.25, 0.3) is 11.0 Å². The van der Waals surface area contributed by atoms with E-state index in [2.05, 4.69) is 27.9 Å². The zero-order valence-corrected chi connectivity index (χ0v) is 19.6. The van der Waals surface area contributed by atoms with Crippen LogP contribution in [0.4, 0.5) is 0 Å². The summed E-state index contributed by atoms with van der Waals surface area (Å²) in [5.41, 5.74) is 1.52. The topological polar surface area (TPSA) is 129 Å². The average Bonchev–Trinajstić information content (AvgIpc) is 3.39. The first-order valence-electron chi connectivity index (χ1n) is 11.9. The Labute approximate surface area is 198 Å². The number of aliphatic hydroxyl groups excluding tert-OH is 1. The first-order chi connectivity index (χ1) is 16.5. The molecule has 4 rings (SSSR count). The molecule has 2 heterocycles. The van der Waals surface area contributed by atoms with E-state index in [0.29, 0.717) is 6.42 Å². The second-order valence-corrected chi connectivity index (χ2v) is 8.91. The lowest BCUT2D eigenvalue weighted by Gasteiger charge is -2.34. The second kappa shape index (κ2) is 10.3. The van der Waals surface area contributed by atoms with Gasteiger partial charge in [0, 0.05) is 26.1 Å². The fourth-order valence-corrected chi connectivity index (χ4v) is 5.40. The number of likely N-dealkylation sites (tertiary alicyclic amines) is 1. The van der Waals surface area contributed by atoms with Gasteiger partial charge in [-0.1, -0.05) is 42.8 Å². The molecular formula is C24H32N6O4. The molecule has 0 spiro atoms. The van der Waals surface area contributed by atoms with Crippen LogP contribution >= 0.6 is 0 Å². The molecule has 10 nitrogen and oxygen atoms in total. The summed E-state index contributed by atoms with van der Waals surface area (Å²) < 4.78 is 1.60. The second-order valence-electron chi connectivity index (χ2n) is 8.91. The number of carbonyl (C=O) groups is 3. The molecule has 1 aromatic heterocycles. The minimum absolute atomic E-state index is 0.0573. The molecule has 3 amide bonds. The van der Waals surface area contributed by atoms with Crippen molar-refractivity contribution in [2.24, 2.45) is 23.7 Å². The number of fused-ring (bicyclic) bond motifs is 2. The molecule has 5 atom stereocenters. The van der Waals surface area contributed by atoms with Gasteiger partial charge in [0.25, 0.3) is 0 Å². The van der Waals surface area contributed by atoms with E-state index in [1.807, 2.05) is 36.4 Å². The molecule has 2 aliphatic rings. The van der Waals surface area contributed by atoms with Gasteiger partial charge in [0.15, 0.2) is 0 Å². The summed E-state index contributed by atoms with van der Waals surface area (Å²) in [4.78, 5) is 41.4. The summed E-state index contributed by atoms with van der Waals surface area (Å²) >= 11 is 0. The Hall–Kier alpha value is -3.27. The Morgan fingerprint density at radius 2 is 1.97 bits per heavy atom. The van der Waals surface area contributed by atoms with E-state index in [0.717, 1.165) is 23.9 Å². The zero-order valence-electron chi connectivity index (χ0n) is 19.6. The number of carbonyl (C=O) groups excluding carboxylic acids is 3. The van der Waals surface area contributed by atoms with Gasteiger partial charge in [-0.25, -0.2) is 4.68 Å². The lowest BCUT2D eigenvalue weighted by Crippen LogP contribution is -2.48. The van der Waals surface area contributed by atoms with Crippen molar-refractivity contribution in [1.29, 1.82) is 0 Å². The number of rotatable bonds is 9. The SMILES string of the molecule is CCC[C@@H]1C=C[C@H]2[C@@H](C(=O)N(CCCO)[C@@H]2C(=O)NCn2nnc3ccccc32)[C@@H]1C(=O)NC. The Morgan fingerprint density at radius 3 is 2.71 bits per heavy atom. The van der Waals surface area contributed by atoms with Gasteiger partial charge in [-0.15, -0.1) is 5.10 Å². The van der Waals surface area contributed by atoms with E-state index < -0.39 is 23.8 Å². The van der Waals surface area contributed by atoms with E-state index in [1.54, 1.807) is 11.7 Å². The van der Waals surface area contributed by atoms with Crippen molar-refractivity contribution in [3.8, 4) is 0 Å². The maximum absolute atomic E-state index is 13.6. The number of para-hydroxylation sites is 1. The molecule has 0 saturated carbocycles. The lowest BCUT2D eigenvalue weighted by molar-refractivity contribution is -0.141. The maximum Gasteiger partial charge on any atom is 0.244 e. The van der Waals surface area contributed by atoms with Gasteiger partial charge >= 0.3 is 0 Å². The summed E-state index contributed by atoms with van der Waals surface area (Å²) in [5.74, 6) is -2.31. The molecule has 182 valence electrons. The zero-order chi connectivity index (χ0) is 24.2. The predicted octanol–water partition coefficient (Wildman–Crippen LogP) is 0.679. The first kappa shape index (κ1) is 23.9. The van der Waals surface area contributed by atoms with Gasteiger partial charge in [-0.3, -0.25) is 14.4 Å². The largest absolute Gasteiger partial charge is 0.396 e. The van der Waals surface area contributed by atoms with Crippen molar-refractivity contribution in [2.45, 2.75) is 38.9 Å². The molecule has 0 bridgehead atoms. The fourth-order valence-electron chi connectivity index (χ4n) is 5.40. The highest BCUT2D eigenvalue weighted by atomic mass is 16.3. The fraction of sp³-hybridized carbons (Fsp3) is 0.542. The van der Waals surface area contributed by atoms with Gasteiger partial charge in [0.2, 0.25) is 17.7 Å². The molecule has 34 heavy (non-hydrogen) atoms. The summed E-state index contributed by atoms with van der Waals surface area (Å²) in [5, 5.41) is 23.2. The number of nitrogens with one attached hydrogen (secondary N) is 2. The molecule has 1 aliphatic carbocycles. The van der Waals surface area contributed by atoms with Crippen molar-refractivity contribution in [3.05, 3.63) is 36.4 Å². The summed E-state index contributed by atoms with van der Waals surface area (Å²) in [6.07, 6.45) is 5.97. The molecular weight excluding hydrogens is 436 g/mol. The van der Waals surface area contributed by atoms with Gasteiger partial charge in [-0.2, -0.15) is 0 Å². The molecule has 1 saturated heterocycles. The Bertz CT molecular complexity index is 1080. The van der Waals surface area contributed by atoms with Crippen LogP contribution in [-0.4, -0.2) is 69.0 Å². The van der Waals surface area contributed by atoms with Crippen molar-refractivity contribution >= 4 is 28.8 Å². The quantitative estimate of drug-likeness (QED) is 0.464. The van der Waals surface area contributed by atoms with Crippen LogP contribution in [0.1, 0.15) is 26.2 Å². The molecule has 10 heteroatoms. The highest BCUT2D eigenvalue weighted by Gasteiger charge is 2.56. The smallest absolute Gasteiger partial charge is 0.244 e. The summed E-state index contributed by atoms with van der Waals surface area (Å²) in [6, 6.07) is 6.70. The third kappa shape index (κ3) is 4.29. The number of nitrogens with zero attached hydrogens (tertiary/aromatic N) is 4. The number of allylic oxidation sites excluding steroid dienone is 1. The van der Waals surface area contributed by atoms with Crippen LogP contribution in [-0.2, 0) is 21.1 Å². The number of amides is 3. The van der Waals surface area contributed by atoms with E-state index in [1.165, 1.54) is 4.90 Å². The third-order valence-electron chi connectivity index (χ3n) is 6.93. The molecule has 3 N–H and O–H groups in total. The molecule has 0 unspecified atom stereocenters. The maximum atomic E-state index is 13.6. The Kier molecular flexibility index (Phi) is 7.26. The van der Waals surface area contributed by atoms with Crippen LogP contribution < -0.4 is 10.6 Å². The normalized spacial score (nSPS) is 26.0. The van der Waals surface area contributed by atoms with Crippen LogP contribution in [0.3, 0.4) is 0 Å². The molecule has 2 aromatic rings. The van der Waals surface area contributed by atoms with Crippen molar-refractivity contribution < 1.29 is 19.5 Å². The van der Waals surface area contributed by atoms with Gasteiger partial charge in [0.1, 0.15) is 18.2 Å². The number of aromatic nitrogens is 3. The van der Waals surface area contributed by atoms with E-state index >= 15 is 0 Å². The standard InChI is InChI=1S/C24H32N6O4/c1-3-7-15-10-11-16-20(19(15)22(32)25-2)24(34)29(12-6-13-31)21(16)23(33)26-14-30-18-9-5-4-8-17(18)27-28-30/h4-5,8-11,15-16,19-21,31H,3,6-7,12-14H2,1-2H3,(H,25,32)(H,26,33)/t15-,16+,19-,20-,21+/m1/s1. The van der Waals surface area contributed by atoms with Crippen LogP contribution in [0.15, 0.2) is 36.4 Å². The molecule has 1 fully saturated rings. The highest BCUT2D eigenvalue weighted by molar-refractivity contribution is 5.96. The summed E-state index contributed by atoms with van der Waals surface area (Å²) in [7, 11) is 1.58.